The summed E-state index contributed by atoms with van der Waals surface area (Å²) in [6.07, 6.45) is 3.23. The molecule has 2 aromatic rings. The molecule has 3 rings (SSSR count). The topological polar surface area (TPSA) is 60.4 Å². The van der Waals surface area contributed by atoms with E-state index in [2.05, 4.69) is 6.58 Å². The molecule has 0 radical (unpaired) electrons. The first-order chi connectivity index (χ1) is 11.9. The van der Waals surface area contributed by atoms with E-state index in [0.717, 1.165) is 5.56 Å². The molecule has 0 bridgehead atoms. The van der Waals surface area contributed by atoms with Gasteiger partial charge in [0, 0.05) is 16.2 Å². The number of hydrogen-bond acceptors (Lipinski definition) is 4. The summed E-state index contributed by atoms with van der Waals surface area (Å²) in [6.45, 7) is 3.98. The molecule has 0 spiro atoms. The second-order valence-electron chi connectivity index (χ2n) is 5.57. The molecule has 0 aromatic heterocycles. The Morgan fingerprint density at radius 3 is 2.56 bits per heavy atom. The van der Waals surface area contributed by atoms with Crippen LogP contribution in [0.25, 0.3) is 6.08 Å². The van der Waals surface area contributed by atoms with Gasteiger partial charge in [-0.1, -0.05) is 36.4 Å². The lowest BCUT2D eigenvalue weighted by molar-refractivity contribution is 0.103. The van der Waals surface area contributed by atoms with Crippen molar-refractivity contribution >= 4 is 33.3 Å². The summed E-state index contributed by atoms with van der Waals surface area (Å²) in [7, 11) is -3.56. The largest absolute Gasteiger partial charge is 0.490 e. The summed E-state index contributed by atoms with van der Waals surface area (Å²) in [5.74, 6) is 0.0240. The average Bonchev–Trinajstić information content (AvgIpc) is 2.58. The Bertz CT molecular complexity index is 973. The van der Waals surface area contributed by atoms with E-state index < -0.39 is 9.84 Å². The van der Waals surface area contributed by atoms with E-state index in [-0.39, 0.29) is 27.6 Å². The third-order valence-corrected chi connectivity index (χ3v) is 5.70. The van der Waals surface area contributed by atoms with Crippen LogP contribution in [0.3, 0.4) is 0 Å². The summed E-state index contributed by atoms with van der Waals surface area (Å²) in [5, 5.41) is 0.326. The molecule has 6 heteroatoms. The van der Waals surface area contributed by atoms with Gasteiger partial charge in [-0.25, -0.2) is 8.42 Å². The predicted octanol–water partition coefficient (Wildman–Crippen LogP) is 3.96. The zero-order valence-corrected chi connectivity index (χ0v) is 14.8. The van der Waals surface area contributed by atoms with Gasteiger partial charge in [-0.05, 0) is 42.0 Å². The van der Waals surface area contributed by atoms with E-state index >= 15 is 0 Å². The lowest BCUT2D eigenvalue weighted by Crippen LogP contribution is -2.24. The van der Waals surface area contributed by atoms with Crippen molar-refractivity contribution in [2.75, 3.05) is 12.4 Å². The Balaban J connectivity index is 1.96. The number of fused-ring (bicyclic) bond motifs is 1. The van der Waals surface area contributed by atoms with Crippen LogP contribution in [-0.2, 0) is 9.84 Å². The second kappa shape index (κ2) is 6.86. The monoisotopic (exact) mass is 374 g/mol. The van der Waals surface area contributed by atoms with Gasteiger partial charge in [-0.2, -0.15) is 0 Å². The van der Waals surface area contributed by atoms with Crippen LogP contribution >= 0.6 is 11.6 Å². The molecule has 0 aliphatic carbocycles. The highest BCUT2D eigenvalue weighted by Crippen LogP contribution is 2.31. The van der Waals surface area contributed by atoms with Crippen molar-refractivity contribution in [2.24, 2.45) is 0 Å². The van der Waals surface area contributed by atoms with E-state index in [1.807, 2.05) is 0 Å². The van der Waals surface area contributed by atoms with Gasteiger partial charge in [0.15, 0.2) is 15.6 Å². The van der Waals surface area contributed by atoms with Crippen molar-refractivity contribution in [1.29, 1.82) is 0 Å². The summed E-state index contributed by atoms with van der Waals surface area (Å²) >= 11 is 5.91. The average molecular weight is 375 g/mol. The number of sulfone groups is 1. The van der Waals surface area contributed by atoms with Crippen molar-refractivity contribution in [1.82, 2.24) is 0 Å². The fourth-order valence-corrected chi connectivity index (χ4v) is 4.31. The maximum Gasteiger partial charge on any atom is 0.191 e. The molecular formula is C19H15ClO4S. The highest BCUT2D eigenvalue weighted by molar-refractivity contribution is 7.91. The molecule has 1 aliphatic heterocycles. The minimum Gasteiger partial charge on any atom is -0.490 e. The molecule has 0 N–H and O–H groups in total. The maximum atomic E-state index is 12.6. The highest BCUT2D eigenvalue weighted by atomic mass is 35.5. The number of carbonyl (C=O) groups excluding carboxylic acids is 1. The van der Waals surface area contributed by atoms with Gasteiger partial charge in [0.25, 0.3) is 0 Å². The predicted molar refractivity (Wildman–Crippen MR) is 97.9 cm³/mol. The van der Waals surface area contributed by atoms with Gasteiger partial charge in [0.05, 0.1) is 10.6 Å². The third kappa shape index (κ3) is 3.67. The Labute approximate surface area is 151 Å². The van der Waals surface area contributed by atoms with Crippen molar-refractivity contribution < 1.29 is 17.9 Å². The van der Waals surface area contributed by atoms with Crippen LogP contribution in [0.15, 0.2) is 65.6 Å². The Kier molecular flexibility index (Phi) is 4.79. The number of rotatable bonds is 4. The Morgan fingerprint density at radius 2 is 1.88 bits per heavy atom. The van der Waals surface area contributed by atoms with Gasteiger partial charge in [0.1, 0.15) is 12.4 Å². The second-order valence-corrected chi connectivity index (χ2v) is 7.96. The maximum absolute atomic E-state index is 12.6. The van der Waals surface area contributed by atoms with Crippen LogP contribution in [0.4, 0.5) is 0 Å². The van der Waals surface area contributed by atoms with Gasteiger partial charge < -0.3 is 4.74 Å². The standard InChI is InChI=1S/C19H15ClO4S/c1-2-9-24-16-6-3-13(4-7-16)10-14-12-25(22,23)18-8-5-15(20)11-17(18)19(14)21/h2-8,10-11H,1,9,12H2/b14-10-. The zero-order valence-electron chi connectivity index (χ0n) is 13.2. The van der Waals surface area contributed by atoms with E-state index in [4.69, 9.17) is 16.3 Å². The minimum absolute atomic E-state index is 0.0345. The number of halogens is 1. The minimum atomic E-state index is -3.56. The number of Topliss-reactive ketones (excluding diaryl/α,β-unsaturated/α-hetero) is 1. The first-order valence-corrected chi connectivity index (χ1v) is 9.55. The van der Waals surface area contributed by atoms with Crippen molar-refractivity contribution in [3.8, 4) is 5.75 Å². The highest BCUT2D eigenvalue weighted by Gasteiger charge is 2.32. The summed E-state index contributed by atoms with van der Waals surface area (Å²) in [4.78, 5) is 12.7. The number of benzene rings is 2. The van der Waals surface area contributed by atoms with E-state index in [9.17, 15) is 13.2 Å². The molecule has 0 unspecified atom stereocenters. The SMILES string of the molecule is C=CCOc1ccc(/C=C2/CS(=O)(=O)c3ccc(Cl)cc3C2=O)cc1. The van der Waals surface area contributed by atoms with Crippen LogP contribution in [0.2, 0.25) is 5.02 Å². The molecule has 2 aromatic carbocycles. The van der Waals surface area contributed by atoms with E-state index in [1.54, 1.807) is 36.4 Å². The summed E-state index contributed by atoms with van der Waals surface area (Å²) < 4.78 is 30.3. The Hall–Kier alpha value is -2.37. The molecule has 25 heavy (non-hydrogen) atoms. The van der Waals surface area contributed by atoms with E-state index in [1.165, 1.54) is 18.2 Å². The zero-order chi connectivity index (χ0) is 18.0. The van der Waals surface area contributed by atoms with Gasteiger partial charge in [-0.15, -0.1) is 0 Å². The number of ketones is 1. The van der Waals surface area contributed by atoms with Crippen molar-refractivity contribution in [3.63, 3.8) is 0 Å². The van der Waals surface area contributed by atoms with Crippen molar-refractivity contribution in [2.45, 2.75) is 4.90 Å². The molecule has 0 saturated heterocycles. The van der Waals surface area contributed by atoms with Crippen LogP contribution < -0.4 is 4.74 Å². The third-order valence-electron chi connectivity index (χ3n) is 3.75. The van der Waals surface area contributed by atoms with E-state index in [0.29, 0.717) is 17.4 Å². The fraction of sp³-hybridized carbons (Fsp3) is 0.105. The summed E-state index contributed by atoms with van der Waals surface area (Å²) in [6, 6.07) is 11.3. The van der Waals surface area contributed by atoms with Crippen LogP contribution in [-0.4, -0.2) is 26.6 Å². The van der Waals surface area contributed by atoms with Crippen LogP contribution in [0.5, 0.6) is 5.75 Å². The molecule has 0 saturated carbocycles. The molecule has 0 atom stereocenters. The quantitative estimate of drug-likeness (QED) is 0.600. The van der Waals surface area contributed by atoms with Gasteiger partial charge in [0.2, 0.25) is 0 Å². The number of carbonyl (C=O) groups is 1. The molecule has 0 amide bonds. The number of hydrogen-bond donors (Lipinski definition) is 0. The number of ether oxygens (including phenoxy) is 1. The van der Waals surface area contributed by atoms with Crippen LogP contribution in [0.1, 0.15) is 15.9 Å². The smallest absolute Gasteiger partial charge is 0.191 e. The van der Waals surface area contributed by atoms with Crippen LogP contribution in [0, 0.1) is 0 Å². The molecule has 128 valence electrons. The molecule has 0 fully saturated rings. The molecular weight excluding hydrogens is 360 g/mol. The molecule has 4 nitrogen and oxygen atoms in total. The Morgan fingerprint density at radius 1 is 1.16 bits per heavy atom. The molecule has 1 aliphatic rings. The first kappa shape index (κ1) is 17.5. The fourth-order valence-electron chi connectivity index (χ4n) is 2.60. The lowest BCUT2D eigenvalue weighted by atomic mass is 10.0. The first-order valence-electron chi connectivity index (χ1n) is 7.52. The van der Waals surface area contributed by atoms with Gasteiger partial charge >= 0.3 is 0 Å². The normalized spacial score (nSPS) is 17.2. The van der Waals surface area contributed by atoms with Gasteiger partial charge in [-0.3, -0.25) is 4.79 Å². The lowest BCUT2D eigenvalue weighted by Gasteiger charge is -2.18. The van der Waals surface area contributed by atoms with Crippen molar-refractivity contribution in [3.05, 3.63) is 76.8 Å². The molecule has 1 heterocycles. The summed E-state index contributed by atoms with van der Waals surface area (Å²) in [5.41, 5.74) is 1.06.